The third-order valence-corrected chi connectivity index (χ3v) is 7.91. The van der Waals surface area contributed by atoms with Crippen LogP contribution in [-0.4, -0.2) is 45.7 Å². The standard InChI is InChI=1S/C23H28F2N4OS.2C2H6/c1-15-11-16-3-2-7-28(21(16)12-18(15)22(24)25)23-19-13-27(14-30)8-4-20(19)29(26-23)17-5-9-31-10-6-17;2*1-2/h11-12,14,17,22H,2-10,13H2,1H3;2*1-2H3. The Balaban J connectivity index is 0.000000815. The molecular weight excluding hydrogens is 466 g/mol. The van der Waals surface area contributed by atoms with Crippen LogP contribution in [-0.2, 0) is 24.2 Å². The fourth-order valence-electron chi connectivity index (χ4n) is 5.21. The van der Waals surface area contributed by atoms with Gasteiger partial charge >= 0.3 is 0 Å². The summed E-state index contributed by atoms with van der Waals surface area (Å²) < 4.78 is 29.5. The van der Waals surface area contributed by atoms with Gasteiger partial charge in [-0.05, 0) is 61.3 Å². The number of benzene rings is 1. The predicted octanol–water partition coefficient (Wildman–Crippen LogP) is 6.85. The number of rotatable bonds is 4. The average molecular weight is 507 g/mol. The zero-order chi connectivity index (χ0) is 25.5. The second kappa shape index (κ2) is 12.7. The minimum absolute atomic E-state index is 0.0952. The molecular formula is C27H40F2N4OS. The van der Waals surface area contributed by atoms with Crippen molar-refractivity contribution < 1.29 is 13.6 Å². The lowest BCUT2D eigenvalue weighted by Gasteiger charge is -2.32. The van der Waals surface area contributed by atoms with Crippen molar-refractivity contribution in [2.75, 3.05) is 29.5 Å². The zero-order valence-electron chi connectivity index (χ0n) is 21.8. The van der Waals surface area contributed by atoms with Gasteiger partial charge in [-0.3, -0.25) is 9.48 Å². The average Bonchev–Trinajstić information content (AvgIpc) is 3.29. The number of fused-ring (bicyclic) bond motifs is 2. The molecule has 4 heterocycles. The molecule has 0 radical (unpaired) electrons. The van der Waals surface area contributed by atoms with E-state index >= 15 is 0 Å². The summed E-state index contributed by atoms with van der Waals surface area (Å²) in [5.74, 6) is 3.13. The summed E-state index contributed by atoms with van der Waals surface area (Å²) in [6.07, 6.45) is 3.25. The van der Waals surface area contributed by atoms with Crippen molar-refractivity contribution in [2.24, 2.45) is 0 Å². The Kier molecular flexibility index (Phi) is 10.0. The molecule has 194 valence electrons. The summed E-state index contributed by atoms with van der Waals surface area (Å²) in [7, 11) is 0. The number of hydrogen-bond donors (Lipinski definition) is 0. The van der Waals surface area contributed by atoms with E-state index in [-0.39, 0.29) is 5.56 Å². The van der Waals surface area contributed by atoms with Gasteiger partial charge < -0.3 is 9.80 Å². The van der Waals surface area contributed by atoms with Gasteiger partial charge in [-0.15, -0.1) is 0 Å². The van der Waals surface area contributed by atoms with Gasteiger partial charge in [0.15, 0.2) is 5.82 Å². The van der Waals surface area contributed by atoms with Gasteiger partial charge in [-0.25, -0.2) is 8.78 Å². The van der Waals surface area contributed by atoms with Gasteiger partial charge in [0.05, 0.1) is 12.6 Å². The first-order valence-electron chi connectivity index (χ1n) is 13.1. The molecule has 1 aromatic carbocycles. The summed E-state index contributed by atoms with van der Waals surface area (Å²) in [4.78, 5) is 15.4. The van der Waals surface area contributed by atoms with E-state index in [9.17, 15) is 13.6 Å². The molecule has 1 fully saturated rings. The summed E-state index contributed by atoms with van der Waals surface area (Å²) in [5, 5.41) is 5.11. The molecule has 0 spiro atoms. The topological polar surface area (TPSA) is 41.4 Å². The fourth-order valence-corrected chi connectivity index (χ4v) is 6.30. The number of aromatic nitrogens is 2. The van der Waals surface area contributed by atoms with Gasteiger partial charge in [0.2, 0.25) is 6.41 Å². The molecule has 5 nitrogen and oxygen atoms in total. The number of halogens is 2. The second-order valence-electron chi connectivity index (χ2n) is 8.76. The molecule has 8 heteroatoms. The largest absolute Gasteiger partial charge is 0.340 e. The van der Waals surface area contributed by atoms with Gasteiger partial charge in [0.25, 0.3) is 6.43 Å². The summed E-state index contributed by atoms with van der Waals surface area (Å²) in [6.45, 7) is 11.8. The maximum absolute atomic E-state index is 13.7. The molecule has 0 atom stereocenters. The Morgan fingerprint density at radius 3 is 2.46 bits per heavy atom. The normalized spacial score (nSPS) is 17.6. The summed E-state index contributed by atoms with van der Waals surface area (Å²) >= 11 is 1.99. The van der Waals surface area contributed by atoms with Crippen molar-refractivity contribution in [1.82, 2.24) is 14.7 Å². The van der Waals surface area contributed by atoms with Crippen LogP contribution in [0.2, 0.25) is 0 Å². The van der Waals surface area contributed by atoms with E-state index in [1.807, 2.05) is 45.5 Å². The Labute approximate surface area is 213 Å². The Morgan fingerprint density at radius 1 is 1.09 bits per heavy atom. The van der Waals surface area contributed by atoms with Gasteiger partial charge in [-0.1, -0.05) is 33.8 Å². The van der Waals surface area contributed by atoms with Crippen LogP contribution in [0.15, 0.2) is 12.1 Å². The third-order valence-electron chi connectivity index (χ3n) is 6.86. The lowest BCUT2D eigenvalue weighted by Crippen LogP contribution is -2.32. The highest BCUT2D eigenvalue weighted by Crippen LogP contribution is 2.41. The molecule has 3 aliphatic rings. The Morgan fingerprint density at radius 2 is 1.80 bits per heavy atom. The molecule has 0 bridgehead atoms. The lowest BCUT2D eigenvalue weighted by molar-refractivity contribution is -0.118. The van der Waals surface area contributed by atoms with Gasteiger partial charge in [0, 0.05) is 42.0 Å². The number of hydrogen-bond acceptors (Lipinski definition) is 4. The van der Waals surface area contributed by atoms with Crippen LogP contribution < -0.4 is 4.90 Å². The number of alkyl halides is 2. The van der Waals surface area contributed by atoms with E-state index in [0.717, 1.165) is 79.2 Å². The minimum Gasteiger partial charge on any atom is -0.340 e. The van der Waals surface area contributed by atoms with E-state index in [1.54, 1.807) is 17.9 Å². The fraction of sp³-hybridized carbons (Fsp3) is 0.630. The molecule has 5 rings (SSSR count). The van der Waals surface area contributed by atoms with Crippen molar-refractivity contribution in [2.45, 2.75) is 85.7 Å². The molecule has 2 aromatic rings. The van der Waals surface area contributed by atoms with Gasteiger partial charge in [0.1, 0.15) is 0 Å². The highest BCUT2D eigenvalue weighted by Gasteiger charge is 2.33. The maximum atomic E-state index is 13.7. The third kappa shape index (κ3) is 5.68. The van der Waals surface area contributed by atoms with Crippen LogP contribution in [0, 0.1) is 6.92 Å². The molecule has 1 aromatic heterocycles. The van der Waals surface area contributed by atoms with Crippen molar-refractivity contribution in [1.29, 1.82) is 0 Å². The summed E-state index contributed by atoms with van der Waals surface area (Å²) in [5.41, 5.74) is 5.00. The molecule has 35 heavy (non-hydrogen) atoms. The minimum atomic E-state index is -2.49. The first kappa shape index (κ1) is 27.5. The van der Waals surface area contributed by atoms with Gasteiger partial charge in [-0.2, -0.15) is 16.9 Å². The van der Waals surface area contributed by atoms with E-state index in [0.29, 0.717) is 24.7 Å². The first-order valence-corrected chi connectivity index (χ1v) is 14.3. The number of amides is 1. The number of aryl methyl sites for hydroxylation is 2. The van der Waals surface area contributed by atoms with Crippen molar-refractivity contribution in [3.05, 3.63) is 40.1 Å². The molecule has 3 aliphatic heterocycles. The quantitative estimate of drug-likeness (QED) is 0.425. The monoisotopic (exact) mass is 506 g/mol. The van der Waals surface area contributed by atoms with Crippen LogP contribution in [0.25, 0.3) is 0 Å². The molecule has 0 unspecified atom stereocenters. The molecule has 0 saturated carbocycles. The Bertz CT molecular complexity index is 988. The molecule has 0 aliphatic carbocycles. The van der Waals surface area contributed by atoms with E-state index in [4.69, 9.17) is 5.10 Å². The maximum Gasteiger partial charge on any atom is 0.264 e. The number of anilines is 2. The molecule has 1 amide bonds. The van der Waals surface area contributed by atoms with E-state index in [2.05, 4.69) is 9.58 Å². The van der Waals surface area contributed by atoms with Crippen LogP contribution in [0.5, 0.6) is 0 Å². The van der Waals surface area contributed by atoms with Crippen LogP contribution in [0.3, 0.4) is 0 Å². The van der Waals surface area contributed by atoms with Crippen molar-refractivity contribution in [3.8, 4) is 0 Å². The molecule has 1 saturated heterocycles. The van der Waals surface area contributed by atoms with Crippen molar-refractivity contribution in [3.63, 3.8) is 0 Å². The van der Waals surface area contributed by atoms with Crippen molar-refractivity contribution >= 4 is 29.7 Å². The second-order valence-corrected chi connectivity index (χ2v) is 9.98. The first-order chi connectivity index (χ1) is 17.1. The van der Waals surface area contributed by atoms with Crippen LogP contribution in [0.1, 0.15) is 87.4 Å². The van der Waals surface area contributed by atoms with Crippen LogP contribution >= 0.6 is 11.8 Å². The number of nitrogens with zero attached hydrogens (tertiary/aromatic N) is 4. The van der Waals surface area contributed by atoms with E-state index in [1.165, 1.54) is 5.69 Å². The SMILES string of the molecule is CC.CC.Cc1cc2c(cc1C(F)F)N(c1nn(C3CCSCC3)c3c1CN(C=O)CC3)CCC2. The highest BCUT2D eigenvalue weighted by atomic mass is 32.2. The highest BCUT2D eigenvalue weighted by molar-refractivity contribution is 7.99. The number of carbonyl (C=O) groups excluding carboxylic acids is 1. The molecule has 0 N–H and O–H groups in total. The Hall–Kier alpha value is -2.09. The number of thioether (sulfide) groups is 1. The lowest BCUT2D eigenvalue weighted by atomic mass is 9.95. The summed E-state index contributed by atoms with van der Waals surface area (Å²) in [6, 6.07) is 3.96. The zero-order valence-corrected chi connectivity index (χ0v) is 22.6. The van der Waals surface area contributed by atoms with Crippen LogP contribution in [0.4, 0.5) is 20.3 Å². The van der Waals surface area contributed by atoms with E-state index < -0.39 is 6.43 Å². The smallest absolute Gasteiger partial charge is 0.264 e. The predicted molar refractivity (Wildman–Crippen MR) is 142 cm³/mol. The number of carbonyl (C=O) groups is 1.